The Labute approximate surface area is 163 Å². The molecule has 0 radical (unpaired) electrons. The molecule has 2 N–H and O–H groups in total. The minimum Gasteiger partial charge on any atom is -0.494 e. The minimum absolute atomic E-state index is 0.713. The molecule has 2 aromatic carbocycles. The summed E-state index contributed by atoms with van der Waals surface area (Å²) in [6.45, 7) is 1.59. The zero-order chi connectivity index (χ0) is 19.2. The molecule has 0 fully saturated rings. The third-order valence-electron chi connectivity index (χ3n) is 4.87. The first kappa shape index (κ1) is 21.2. The normalized spacial score (nSPS) is 10.7. The number of hydrogen-bond acceptors (Lipinski definition) is 3. The number of rotatable bonds is 14. The first-order valence-corrected chi connectivity index (χ1v) is 10.3. The molecular weight excluding hydrogens is 334 g/mol. The molecule has 0 heterocycles. The number of hydrogen-bond donors (Lipinski definition) is 1. The van der Waals surface area contributed by atoms with Crippen molar-refractivity contribution in [2.45, 2.75) is 57.8 Å². The van der Waals surface area contributed by atoms with E-state index in [9.17, 15) is 4.79 Å². The van der Waals surface area contributed by atoms with Gasteiger partial charge in [0.25, 0.3) is 0 Å². The van der Waals surface area contributed by atoms with Crippen LogP contribution in [0.15, 0.2) is 48.5 Å². The van der Waals surface area contributed by atoms with Gasteiger partial charge in [-0.25, -0.2) is 0 Å². The highest BCUT2D eigenvalue weighted by Crippen LogP contribution is 2.25. The van der Waals surface area contributed by atoms with E-state index < -0.39 is 0 Å². The van der Waals surface area contributed by atoms with Crippen LogP contribution in [-0.2, 0) is 0 Å². The summed E-state index contributed by atoms with van der Waals surface area (Å²) in [6.07, 6.45) is 12.3. The Hall–Kier alpha value is -2.13. The summed E-state index contributed by atoms with van der Waals surface area (Å²) in [5.41, 5.74) is 8.21. The summed E-state index contributed by atoms with van der Waals surface area (Å²) < 4.78 is 5.84. The molecule has 0 amide bonds. The van der Waals surface area contributed by atoms with E-state index in [1.165, 1.54) is 51.4 Å². The standard InChI is InChI=1S/C24H33NO2/c25-18-10-6-4-2-1-3-5-7-11-19-27-23-16-14-21(15-17-23)24-13-9-8-12-22(24)20-26/h8-9,12-17,20H,1-7,10-11,18-19,25H2. The molecular formula is C24H33NO2. The largest absolute Gasteiger partial charge is 0.494 e. The summed E-state index contributed by atoms with van der Waals surface area (Å²) >= 11 is 0. The van der Waals surface area contributed by atoms with Crippen LogP contribution in [0.5, 0.6) is 5.75 Å². The molecule has 0 saturated heterocycles. The number of aldehydes is 1. The number of nitrogens with two attached hydrogens (primary N) is 1. The van der Waals surface area contributed by atoms with Gasteiger partial charge in [-0.1, -0.05) is 81.3 Å². The first-order valence-electron chi connectivity index (χ1n) is 10.3. The number of ether oxygens (including phenoxy) is 1. The Morgan fingerprint density at radius 2 is 1.33 bits per heavy atom. The van der Waals surface area contributed by atoms with Crippen molar-refractivity contribution in [3.8, 4) is 16.9 Å². The van der Waals surface area contributed by atoms with E-state index in [4.69, 9.17) is 10.5 Å². The molecule has 0 spiro atoms. The van der Waals surface area contributed by atoms with Crippen molar-refractivity contribution in [2.24, 2.45) is 5.73 Å². The third kappa shape index (κ3) is 7.96. The van der Waals surface area contributed by atoms with Gasteiger partial charge in [-0.15, -0.1) is 0 Å². The van der Waals surface area contributed by atoms with Crippen LogP contribution in [0.25, 0.3) is 11.1 Å². The maximum Gasteiger partial charge on any atom is 0.150 e. The maximum absolute atomic E-state index is 11.2. The Bertz CT molecular complexity index is 652. The maximum atomic E-state index is 11.2. The predicted octanol–water partition coefficient (Wildman–Crippen LogP) is 6.01. The van der Waals surface area contributed by atoms with Crippen LogP contribution < -0.4 is 10.5 Å². The highest BCUT2D eigenvalue weighted by atomic mass is 16.5. The Kier molecular flexibility index (Phi) is 10.3. The Morgan fingerprint density at radius 3 is 1.96 bits per heavy atom. The lowest BCUT2D eigenvalue weighted by molar-refractivity contribution is 0.112. The van der Waals surface area contributed by atoms with Crippen LogP contribution in [0.4, 0.5) is 0 Å². The van der Waals surface area contributed by atoms with Crippen molar-refractivity contribution < 1.29 is 9.53 Å². The summed E-state index contributed by atoms with van der Waals surface area (Å²) in [7, 11) is 0. The zero-order valence-electron chi connectivity index (χ0n) is 16.4. The Balaban J connectivity index is 1.60. The average Bonchev–Trinajstić information content (AvgIpc) is 2.72. The van der Waals surface area contributed by atoms with E-state index in [-0.39, 0.29) is 0 Å². The molecule has 146 valence electrons. The quantitative estimate of drug-likeness (QED) is 0.328. The molecule has 0 unspecified atom stereocenters. The van der Waals surface area contributed by atoms with Gasteiger partial charge in [0.2, 0.25) is 0 Å². The van der Waals surface area contributed by atoms with E-state index in [1.807, 2.05) is 48.5 Å². The van der Waals surface area contributed by atoms with E-state index in [2.05, 4.69) is 0 Å². The van der Waals surface area contributed by atoms with Gasteiger partial charge in [0.15, 0.2) is 6.29 Å². The first-order chi connectivity index (χ1) is 13.3. The van der Waals surface area contributed by atoms with Crippen LogP contribution in [0, 0.1) is 0 Å². The number of carbonyl (C=O) groups is 1. The summed E-state index contributed by atoms with van der Waals surface area (Å²) in [6, 6.07) is 15.6. The second kappa shape index (κ2) is 13.1. The minimum atomic E-state index is 0.713. The van der Waals surface area contributed by atoms with Crippen LogP contribution >= 0.6 is 0 Å². The van der Waals surface area contributed by atoms with Crippen molar-refractivity contribution in [3.05, 3.63) is 54.1 Å². The molecule has 3 heteroatoms. The van der Waals surface area contributed by atoms with Crippen LogP contribution in [0.2, 0.25) is 0 Å². The highest BCUT2D eigenvalue weighted by Gasteiger charge is 2.04. The highest BCUT2D eigenvalue weighted by molar-refractivity contribution is 5.87. The number of benzene rings is 2. The van der Waals surface area contributed by atoms with E-state index in [0.29, 0.717) is 5.56 Å². The van der Waals surface area contributed by atoms with Gasteiger partial charge in [-0.05, 0) is 42.6 Å². The van der Waals surface area contributed by atoms with Crippen molar-refractivity contribution in [2.75, 3.05) is 13.2 Å². The van der Waals surface area contributed by atoms with E-state index in [1.54, 1.807) is 0 Å². The molecule has 3 nitrogen and oxygen atoms in total. The van der Waals surface area contributed by atoms with Crippen LogP contribution in [0.3, 0.4) is 0 Å². The summed E-state index contributed by atoms with van der Waals surface area (Å²) in [5.74, 6) is 0.891. The third-order valence-corrected chi connectivity index (χ3v) is 4.87. The smallest absolute Gasteiger partial charge is 0.150 e. The predicted molar refractivity (Wildman–Crippen MR) is 113 cm³/mol. The molecule has 0 atom stereocenters. The van der Waals surface area contributed by atoms with Crippen LogP contribution in [-0.4, -0.2) is 19.4 Å². The van der Waals surface area contributed by atoms with Gasteiger partial charge < -0.3 is 10.5 Å². The lowest BCUT2D eigenvalue weighted by atomic mass is 10.0. The second-order valence-corrected chi connectivity index (χ2v) is 7.05. The van der Waals surface area contributed by atoms with Crippen molar-refractivity contribution >= 4 is 6.29 Å². The molecule has 0 bridgehead atoms. The van der Waals surface area contributed by atoms with E-state index >= 15 is 0 Å². The molecule has 2 rings (SSSR count). The lowest BCUT2D eigenvalue weighted by Gasteiger charge is -2.09. The zero-order valence-corrected chi connectivity index (χ0v) is 16.4. The molecule has 27 heavy (non-hydrogen) atoms. The topological polar surface area (TPSA) is 52.3 Å². The van der Waals surface area contributed by atoms with Gasteiger partial charge in [0.1, 0.15) is 5.75 Å². The fourth-order valence-electron chi connectivity index (χ4n) is 3.27. The second-order valence-electron chi connectivity index (χ2n) is 7.05. The van der Waals surface area contributed by atoms with E-state index in [0.717, 1.165) is 42.7 Å². The fourth-order valence-corrected chi connectivity index (χ4v) is 3.27. The van der Waals surface area contributed by atoms with Gasteiger partial charge in [0, 0.05) is 5.56 Å². The molecule has 0 aliphatic carbocycles. The van der Waals surface area contributed by atoms with Gasteiger partial charge in [-0.2, -0.15) is 0 Å². The van der Waals surface area contributed by atoms with Gasteiger partial charge >= 0.3 is 0 Å². The average molecular weight is 368 g/mol. The number of carbonyl (C=O) groups excluding carboxylic acids is 1. The lowest BCUT2D eigenvalue weighted by Crippen LogP contribution is -1.98. The van der Waals surface area contributed by atoms with Crippen molar-refractivity contribution in [3.63, 3.8) is 0 Å². The molecule has 0 saturated carbocycles. The van der Waals surface area contributed by atoms with Crippen LogP contribution in [0.1, 0.15) is 68.1 Å². The summed E-state index contributed by atoms with van der Waals surface area (Å²) in [5, 5.41) is 0. The Morgan fingerprint density at radius 1 is 0.741 bits per heavy atom. The molecule has 0 aliphatic heterocycles. The summed E-state index contributed by atoms with van der Waals surface area (Å²) in [4.78, 5) is 11.2. The molecule has 2 aromatic rings. The van der Waals surface area contributed by atoms with Gasteiger partial charge in [0.05, 0.1) is 6.61 Å². The molecule has 0 aliphatic rings. The van der Waals surface area contributed by atoms with Gasteiger partial charge in [-0.3, -0.25) is 4.79 Å². The number of unbranched alkanes of at least 4 members (excludes halogenated alkanes) is 8. The monoisotopic (exact) mass is 367 g/mol. The SMILES string of the molecule is NCCCCCCCCCCCOc1ccc(-c2ccccc2C=O)cc1. The fraction of sp³-hybridized carbons (Fsp3) is 0.458. The van der Waals surface area contributed by atoms with Crippen molar-refractivity contribution in [1.82, 2.24) is 0 Å². The molecule has 0 aromatic heterocycles. The van der Waals surface area contributed by atoms with Crippen molar-refractivity contribution in [1.29, 1.82) is 0 Å².